The second-order valence-electron chi connectivity index (χ2n) is 8.70. The number of hydrogen-bond acceptors (Lipinski definition) is 5. The Balaban J connectivity index is 1.58. The molecule has 0 N–H and O–H groups in total. The van der Waals surface area contributed by atoms with E-state index in [-0.39, 0.29) is 0 Å². The maximum Gasteiger partial charge on any atom is 0.246 e. The maximum absolute atomic E-state index is 13.5. The van der Waals surface area contributed by atoms with Crippen LogP contribution in [0.3, 0.4) is 0 Å². The summed E-state index contributed by atoms with van der Waals surface area (Å²) in [5, 5.41) is 4.16. The number of piperidine rings is 1. The summed E-state index contributed by atoms with van der Waals surface area (Å²) in [6, 6.07) is 8.85. The zero-order valence-electron chi connectivity index (χ0n) is 18.7. The van der Waals surface area contributed by atoms with Crippen LogP contribution in [0, 0.1) is 6.92 Å². The molecule has 0 spiro atoms. The van der Waals surface area contributed by atoms with E-state index in [2.05, 4.69) is 28.2 Å². The molecule has 31 heavy (non-hydrogen) atoms. The lowest BCUT2D eigenvalue weighted by Crippen LogP contribution is -2.45. The monoisotopic (exact) mass is 446 g/mol. The summed E-state index contributed by atoms with van der Waals surface area (Å²) in [6.07, 6.45) is 7.86. The maximum atomic E-state index is 13.5. The zero-order valence-corrected chi connectivity index (χ0v) is 19.5. The molecule has 1 fully saturated rings. The first kappa shape index (κ1) is 22.3. The van der Waals surface area contributed by atoms with Crippen molar-refractivity contribution in [3.05, 3.63) is 41.7 Å². The SMILES string of the molecule is Cc1c(S(=O)(=O)N2CCCOc3cccc(c3)CCC3CCCCN3CC2)cnn1C. The highest BCUT2D eigenvalue weighted by atomic mass is 32.2. The lowest BCUT2D eigenvalue weighted by molar-refractivity contribution is 0.131. The van der Waals surface area contributed by atoms with E-state index in [9.17, 15) is 8.42 Å². The number of hydrogen-bond donors (Lipinski definition) is 0. The number of aryl methyl sites for hydroxylation is 2. The summed E-state index contributed by atoms with van der Waals surface area (Å²) < 4.78 is 36.2. The van der Waals surface area contributed by atoms with Gasteiger partial charge >= 0.3 is 0 Å². The quantitative estimate of drug-likeness (QED) is 0.710. The molecule has 1 saturated heterocycles. The van der Waals surface area contributed by atoms with Crippen LogP contribution in [0.25, 0.3) is 0 Å². The number of sulfonamides is 1. The van der Waals surface area contributed by atoms with E-state index in [4.69, 9.17) is 4.74 Å². The van der Waals surface area contributed by atoms with E-state index in [0.29, 0.717) is 42.7 Å². The Kier molecular flexibility index (Phi) is 6.99. The third kappa shape index (κ3) is 5.13. The fourth-order valence-electron chi connectivity index (χ4n) is 4.70. The number of benzene rings is 1. The number of ether oxygens (including phenoxy) is 1. The first-order chi connectivity index (χ1) is 14.9. The number of nitrogens with zero attached hydrogens (tertiary/aromatic N) is 4. The Morgan fingerprint density at radius 1 is 1.06 bits per heavy atom. The van der Waals surface area contributed by atoms with Crippen molar-refractivity contribution in [3.8, 4) is 5.75 Å². The van der Waals surface area contributed by atoms with Crippen molar-refractivity contribution in [2.45, 2.75) is 56.4 Å². The third-order valence-electron chi connectivity index (χ3n) is 6.68. The first-order valence-corrected chi connectivity index (χ1v) is 12.8. The van der Waals surface area contributed by atoms with Crippen molar-refractivity contribution in [2.75, 3.05) is 32.8 Å². The molecule has 1 unspecified atom stereocenters. The van der Waals surface area contributed by atoms with Gasteiger partial charge in [-0.3, -0.25) is 9.58 Å². The molecule has 3 heterocycles. The Labute approximate surface area is 186 Å². The van der Waals surface area contributed by atoms with Crippen LogP contribution < -0.4 is 4.74 Å². The molecule has 8 heteroatoms. The molecule has 2 aliphatic heterocycles. The van der Waals surface area contributed by atoms with Crippen LogP contribution in [0.1, 0.15) is 43.4 Å². The van der Waals surface area contributed by atoms with E-state index >= 15 is 0 Å². The van der Waals surface area contributed by atoms with Crippen molar-refractivity contribution < 1.29 is 13.2 Å². The van der Waals surface area contributed by atoms with E-state index in [1.807, 2.05) is 6.07 Å². The number of aromatic nitrogens is 2. The van der Waals surface area contributed by atoms with Crippen molar-refractivity contribution in [3.63, 3.8) is 0 Å². The average Bonchev–Trinajstić information content (AvgIpc) is 3.11. The van der Waals surface area contributed by atoms with Crippen LogP contribution >= 0.6 is 0 Å². The van der Waals surface area contributed by atoms with Gasteiger partial charge in [-0.2, -0.15) is 9.40 Å². The van der Waals surface area contributed by atoms with Crippen LogP contribution in [0.4, 0.5) is 0 Å². The van der Waals surface area contributed by atoms with Gasteiger partial charge in [-0.15, -0.1) is 0 Å². The van der Waals surface area contributed by atoms with E-state index in [1.54, 1.807) is 23.0 Å². The van der Waals surface area contributed by atoms with E-state index < -0.39 is 10.0 Å². The Hall–Kier alpha value is -1.90. The van der Waals surface area contributed by atoms with Gasteiger partial charge in [0.05, 0.1) is 18.5 Å². The lowest BCUT2D eigenvalue weighted by Gasteiger charge is -2.37. The second kappa shape index (κ2) is 9.71. The van der Waals surface area contributed by atoms with Gasteiger partial charge in [0.2, 0.25) is 10.0 Å². The Bertz CT molecular complexity index is 988. The van der Waals surface area contributed by atoms with Gasteiger partial charge in [-0.05, 0) is 63.3 Å². The largest absolute Gasteiger partial charge is 0.494 e. The standard InChI is InChI=1S/C23H34N4O3S/c1-19-23(18-24-25(19)2)31(28,29)27-13-6-16-30-22-9-5-7-20(17-22)10-11-21-8-3-4-12-26(21)14-15-27/h5,7,9,17-18,21H,3-4,6,8,10-16H2,1-2H3. The fraction of sp³-hybridized carbons (Fsp3) is 0.609. The predicted octanol–water partition coefficient (Wildman–Crippen LogP) is 2.99. The molecule has 0 amide bonds. The molecule has 2 bridgehead atoms. The van der Waals surface area contributed by atoms with Crippen LogP contribution in [0.2, 0.25) is 0 Å². The summed E-state index contributed by atoms with van der Waals surface area (Å²) in [7, 11) is -1.83. The second-order valence-corrected chi connectivity index (χ2v) is 10.6. The van der Waals surface area contributed by atoms with Crippen LogP contribution in [-0.2, 0) is 23.5 Å². The molecule has 4 rings (SSSR count). The summed E-state index contributed by atoms with van der Waals surface area (Å²) in [6.45, 7) is 5.06. The summed E-state index contributed by atoms with van der Waals surface area (Å²) in [5.74, 6) is 0.868. The molecular formula is C23H34N4O3S. The lowest BCUT2D eigenvalue weighted by atomic mass is 9.95. The molecule has 2 aromatic rings. The molecule has 1 atom stereocenters. The molecule has 1 aromatic carbocycles. The van der Waals surface area contributed by atoms with Gasteiger partial charge in [0.1, 0.15) is 10.6 Å². The molecule has 7 nitrogen and oxygen atoms in total. The van der Waals surface area contributed by atoms with Gasteiger partial charge < -0.3 is 4.74 Å². The molecule has 0 saturated carbocycles. The minimum Gasteiger partial charge on any atom is -0.494 e. The average molecular weight is 447 g/mol. The highest BCUT2D eigenvalue weighted by Crippen LogP contribution is 2.25. The van der Waals surface area contributed by atoms with E-state index in [1.165, 1.54) is 31.0 Å². The highest BCUT2D eigenvalue weighted by Gasteiger charge is 2.30. The summed E-state index contributed by atoms with van der Waals surface area (Å²) in [4.78, 5) is 2.81. The third-order valence-corrected chi connectivity index (χ3v) is 8.68. The molecule has 170 valence electrons. The summed E-state index contributed by atoms with van der Waals surface area (Å²) >= 11 is 0. The van der Waals surface area contributed by atoms with E-state index in [0.717, 1.165) is 31.7 Å². The zero-order chi connectivity index (χ0) is 21.8. The molecule has 0 radical (unpaired) electrons. The molecule has 1 aromatic heterocycles. The van der Waals surface area contributed by atoms with Gasteiger partial charge in [0, 0.05) is 32.7 Å². The Morgan fingerprint density at radius 3 is 2.74 bits per heavy atom. The van der Waals surface area contributed by atoms with Crippen molar-refractivity contribution >= 4 is 10.0 Å². The van der Waals surface area contributed by atoms with Crippen LogP contribution in [0.15, 0.2) is 35.4 Å². The minimum atomic E-state index is -3.60. The van der Waals surface area contributed by atoms with Gasteiger partial charge in [0.15, 0.2) is 0 Å². The van der Waals surface area contributed by atoms with Crippen molar-refractivity contribution in [1.29, 1.82) is 0 Å². The van der Waals surface area contributed by atoms with Gasteiger partial charge in [-0.25, -0.2) is 8.42 Å². The number of fused-ring (bicyclic) bond motifs is 3. The molecular weight excluding hydrogens is 412 g/mol. The van der Waals surface area contributed by atoms with Crippen molar-refractivity contribution in [1.82, 2.24) is 19.0 Å². The molecule has 0 aliphatic carbocycles. The fourth-order valence-corrected chi connectivity index (χ4v) is 6.35. The molecule has 2 aliphatic rings. The van der Waals surface area contributed by atoms with Gasteiger partial charge in [0.25, 0.3) is 0 Å². The van der Waals surface area contributed by atoms with Crippen molar-refractivity contribution in [2.24, 2.45) is 7.05 Å². The normalized spacial score (nSPS) is 22.3. The topological polar surface area (TPSA) is 67.7 Å². The smallest absolute Gasteiger partial charge is 0.246 e. The highest BCUT2D eigenvalue weighted by molar-refractivity contribution is 7.89. The Morgan fingerprint density at radius 2 is 1.94 bits per heavy atom. The first-order valence-electron chi connectivity index (χ1n) is 11.4. The van der Waals surface area contributed by atoms with Crippen LogP contribution in [0.5, 0.6) is 5.75 Å². The minimum absolute atomic E-state index is 0.305. The predicted molar refractivity (Wildman–Crippen MR) is 121 cm³/mol. The summed E-state index contributed by atoms with van der Waals surface area (Å²) in [5.41, 5.74) is 1.99. The number of rotatable bonds is 2. The van der Waals surface area contributed by atoms with Gasteiger partial charge in [-0.1, -0.05) is 18.6 Å². The van der Waals surface area contributed by atoms with Crippen LogP contribution in [-0.4, -0.2) is 66.2 Å².